The van der Waals surface area contributed by atoms with Crippen molar-refractivity contribution in [2.75, 3.05) is 39.9 Å². The summed E-state index contributed by atoms with van der Waals surface area (Å²) in [5, 5.41) is 6.05. The number of likely N-dealkylation sites (tertiary alicyclic amines) is 1. The van der Waals surface area contributed by atoms with Gasteiger partial charge in [-0.3, -0.25) is 9.69 Å². The van der Waals surface area contributed by atoms with Crippen molar-refractivity contribution >= 4 is 11.5 Å². The molecular formula is C25H33N3O4. The first-order chi connectivity index (χ1) is 15.7. The van der Waals surface area contributed by atoms with Crippen LogP contribution in [0.15, 0.2) is 36.0 Å². The lowest BCUT2D eigenvalue weighted by Gasteiger charge is -2.47. The maximum Gasteiger partial charge on any atom is 0.267 e. The molecule has 0 aromatic heterocycles. The highest BCUT2D eigenvalue weighted by atomic mass is 16.7. The summed E-state index contributed by atoms with van der Waals surface area (Å²) in [7, 11) is 1.62. The summed E-state index contributed by atoms with van der Waals surface area (Å²) in [6.07, 6.45) is 9.77. The molecule has 2 N–H and O–H groups in total. The van der Waals surface area contributed by atoms with Gasteiger partial charge in [-0.15, -0.1) is 0 Å². The standard InChI is InChI=1S/C25H33N3O4/c1-30-14-11-26-24(29)22-7-5-19(16-27-22)18-6-8-23-20(15-18)17-31-25(32-23)9-12-28(13-10-25)21-3-2-4-21/h5-8,15,21,27H,2-4,9-14,16-17H2,1H3,(H,26,29). The number of ether oxygens (including phenoxy) is 3. The normalized spacial score (nSPS) is 22.7. The molecule has 5 rings (SSSR count). The van der Waals surface area contributed by atoms with Gasteiger partial charge in [-0.2, -0.15) is 0 Å². The van der Waals surface area contributed by atoms with E-state index in [0.717, 1.165) is 54.4 Å². The van der Waals surface area contributed by atoms with Gasteiger partial charge < -0.3 is 24.8 Å². The fourth-order valence-corrected chi connectivity index (χ4v) is 4.87. The van der Waals surface area contributed by atoms with Crippen molar-refractivity contribution in [1.82, 2.24) is 15.5 Å². The monoisotopic (exact) mass is 439 g/mol. The molecule has 3 aliphatic heterocycles. The molecule has 1 saturated carbocycles. The first-order valence-electron chi connectivity index (χ1n) is 11.8. The Bertz CT molecular complexity index is 914. The third kappa shape index (κ3) is 4.42. The zero-order valence-electron chi connectivity index (χ0n) is 18.8. The predicted molar refractivity (Wildman–Crippen MR) is 122 cm³/mol. The van der Waals surface area contributed by atoms with Crippen LogP contribution >= 0.6 is 0 Å². The number of dihydropyridines is 1. The summed E-state index contributed by atoms with van der Waals surface area (Å²) in [6.45, 7) is 4.30. The van der Waals surface area contributed by atoms with Gasteiger partial charge >= 0.3 is 0 Å². The van der Waals surface area contributed by atoms with E-state index in [1.165, 1.54) is 19.3 Å². The first-order valence-corrected chi connectivity index (χ1v) is 11.8. The molecule has 3 heterocycles. The second-order valence-electron chi connectivity index (χ2n) is 9.12. The molecule has 1 amide bonds. The molecule has 7 heteroatoms. The van der Waals surface area contributed by atoms with Crippen LogP contribution in [0, 0.1) is 0 Å². The fourth-order valence-electron chi connectivity index (χ4n) is 4.87. The molecule has 0 bridgehead atoms. The van der Waals surface area contributed by atoms with Gasteiger partial charge in [-0.05, 0) is 42.2 Å². The van der Waals surface area contributed by atoms with Crippen LogP contribution in [0.3, 0.4) is 0 Å². The second kappa shape index (κ2) is 9.25. The molecule has 0 atom stereocenters. The van der Waals surface area contributed by atoms with E-state index in [4.69, 9.17) is 14.2 Å². The Labute approximate surface area is 189 Å². The lowest BCUT2D eigenvalue weighted by molar-refractivity contribution is -0.231. The minimum absolute atomic E-state index is 0.113. The summed E-state index contributed by atoms with van der Waals surface area (Å²) in [4.78, 5) is 14.8. The molecular weight excluding hydrogens is 406 g/mol. The SMILES string of the molecule is COCCNC(=O)C1=CC=C(c2ccc3c(c2)COC2(CCN(C4CCC4)CC2)O3)CN1. The number of rotatable bonds is 6. The molecule has 172 valence electrons. The molecule has 32 heavy (non-hydrogen) atoms. The van der Waals surface area contributed by atoms with E-state index in [-0.39, 0.29) is 5.91 Å². The predicted octanol–water partition coefficient (Wildman–Crippen LogP) is 2.57. The lowest BCUT2D eigenvalue weighted by atomic mass is 9.89. The Kier molecular flexibility index (Phi) is 6.22. The van der Waals surface area contributed by atoms with E-state index in [1.807, 2.05) is 12.2 Å². The van der Waals surface area contributed by atoms with Gasteiger partial charge in [0, 0.05) is 57.7 Å². The number of allylic oxidation sites excluding steroid dienone is 2. The quantitative estimate of drug-likeness (QED) is 0.664. The number of carbonyl (C=O) groups is 1. The number of benzene rings is 1. The Morgan fingerprint density at radius 2 is 2.12 bits per heavy atom. The number of fused-ring (bicyclic) bond motifs is 1. The molecule has 7 nitrogen and oxygen atoms in total. The van der Waals surface area contributed by atoms with Crippen molar-refractivity contribution < 1.29 is 19.0 Å². The molecule has 0 radical (unpaired) electrons. The van der Waals surface area contributed by atoms with Gasteiger partial charge in [-0.1, -0.05) is 18.6 Å². The van der Waals surface area contributed by atoms with E-state index in [9.17, 15) is 4.79 Å². The highest BCUT2D eigenvalue weighted by molar-refractivity contribution is 5.94. The van der Waals surface area contributed by atoms with Gasteiger partial charge in [-0.25, -0.2) is 0 Å². The average molecular weight is 440 g/mol. The van der Waals surface area contributed by atoms with Crippen LogP contribution in [-0.2, 0) is 20.9 Å². The Morgan fingerprint density at radius 3 is 2.81 bits per heavy atom. The zero-order valence-corrected chi connectivity index (χ0v) is 18.8. The van der Waals surface area contributed by atoms with Crippen molar-refractivity contribution in [3.05, 3.63) is 47.2 Å². The molecule has 1 spiro atoms. The van der Waals surface area contributed by atoms with E-state index in [2.05, 4.69) is 33.7 Å². The third-order valence-electron chi connectivity index (χ3n) is 7.13. The number of amides is 1. The van der Waals surface area contributed by atoms with Gasteiger partial charge in [0.25, 0.3) is 5.91 Å². The Morgan fingerprint density at radius 1 is 1.28 bits per heavy atom. The van der Waals surface area contributed by atoms with Crippen LogP contribution in [-0.4, -0.2) is 62.5 Å². The van der Waals surface area contributed by atoms with Crippen LogP contribution in [0.2, 0.25) is 0 Å². The maximum atomic E-state index is 12.2. The topological polar surface area (TPSA) is 72.1 Å². The molecule has 1 aromatic rings. The summed E-state index contributed by atoms with van der Waals surface area (Å²) in [5.41, 5.74) is 3.91. The van der Waals surface area contributed by atoms with E-state index in [1.54, 1.807) is 7.11 Å². The van der Waals surface area contributed by atoms with Crippen LogP contribution in [0.4, 0.5) is 0 Å². The van der Waals surface area contributed by atoms with Crippen molar-refractivity contribution in [2.24, 2.45) is 0 Å². The van der Waals surface area contributed by atoms with Crippen LogP contribution in [0.25, 0.3) is 5.57 Å². The third-order valence-corrected chi connectivity index (χ3v) is 7.13. The van der Waals surface area contributed by atoms with Crippen LogP contribution in [0.1, 0.15) is 43.2 Å². The number of methoxy groups -OCH3 is 1. The minimum atomic E-state index is -0.464. The molecule has 4 aliphatic rings. The maximum absolute atomic E-state index is 12.2. The second-order valence-corrected chi connectivity index (χ2v) is 9.12. The van der Waals surface area contributed by atoms with Crippen molar-refractivity contribution in [2.45, 2.75) is 50.5 Å². The van der Waals surface area contributed by atoms with Crippen LogP contribution in [0.5, 0.6) is 5.75 Å². The van der Waals surface area contributed by atoms with Crippen molar-refractivity contribution in [3.63, 3.8) is 0 Å². The Balaban J connectivity index is 1.21. The molecule has 1 aliphatic carbocycles. The highest BCUT2D eigenvalue weighted by Crippen LogP contribution is 2.40. The van der Waals surface area contributed by atoms with Gasteiger partial charge in [0.05, 0.1) is 13.2 Å². The number of nitrogens with one attached hydrogen (secondary N) is 2. The first kappa shape index (κ1) is 21.5. The molecule has 1 aromatic carbocycles. The summed E-state index contributed by atoms with van der Waals surface area (Å²) >= 11 is 0. The smallest absolute Gasteiger partial charge is 0.267 e. The number of nitrogens with zero attached hydrogens (tertiary/aromatic N) is 1. The van der Waals surface area contributed by atoms with Gasteiger partial charge in [0.15, 0.2) is 0 Å². The summed E-state index contributed by atoms with van der Waals surface area (Å²) in [5.74, 6) is 0.363. The van der Waals surface area contributed by atoms with E-state index in [0.29, 0.717) is 32.0 Å². The Hall–Kier alpha value is -2.35. The lowest BCUT2D eigenvalue weighted by Crippen LogP contribution is -2.54. The van der Waals surface area contributed by atoms with Gasteiger partial charge in [0.1, 0.15) is 11.4 Å². The van der Waals surface area contributed by atoms with Gasteiger partial charge in [0.2, 0.25) is 5.79 Å². The van der Waals surface area contributed by atoms with Crippen molar-refractivity contribution in [3.8, 4) is 5.75 Å². The highest BCUT2D eigenvalue weighted by Gasteiger charge is 2.42. The van der Waals surface area contributed by atoms with Crippen molar-refractivity contribution in [1.29, 1.82) is 0 Å². The molecule has 1 saturated heterocycles. The summed E-state index contributed by atoms with van der Waals surface area (Å²) in [6, 6.07) is 7.11. The fraction of sp³-hybridized carbons (Fsp3) is 0.560. The molecule has 0 unspecified atom stereocenters. The largest absolute Gasteiger partial charge is 0.462 e. The number of carbonyl (C=O) groups excluding carboxylic acids is 1. The minimum Gasteiger partial charge on any atom is -0.462 e. The number of hydrogen-bond donors (Lipinski definition) is 2. The zero-order chi connectivity index (χ0) is 22.0. The van der Waals surface area contributed by atoms with E-state index < -0.39 is 5.79 Å². The number of hydrogen-bond acceptors (Lipinski definition) is 6. The molecule has 2 fully saturated rings. The van der Waals surface area contributed by atoms with E-state index >= 15 is 0 Å². The summed E-state index contributed by atoms with van der Waals surface area (Å²) < 4.78 is 17.7. The number of piperidine rings is 1. The van der Waals surface area contributed by atoms with Crippen LogP contribution < -0.4 is 15.4 Å². The average Bonchev–Trinajstić information content (AvgIpc) is 2.79.